The maximum Gasteiger partial charge on any atom is 0.408 e. The van der Waals surface area contributed by atoms with Gasteiger partial charge < -0.3 is 15.2 Å². The molecule has 1 aliphatic heterocycles. The van der Waals surface area contributed by atoms with Crippen LogP contribution >= 0.6 is 11.3 Å². The smallest absolute Gasteiger partial charge is 0.408 e. The zero-order valence-electron chi connectivity index (χ0n) is 22.6. The molecule has 0 bridgehead atoms. The number of ether oxygens (including phenoxy) is 1. The molecule has 2 aromatic rings. The highest BCUT2D eigenvalue weighted by molar-refractivity contribution is 7.13. The number of β-amino-alcohol motifs (C(OH)–C–C–N with tert-alkyl or cyclic N) is 1. The van der Waals surface area contributed by atoms with E-state index in [1.807, 2.05) is 41.6 Å². The predicted octanol–water partition coefficient (Wildman–Crippen LogP) is 3.64. The Morgan fingerprint density at radius 1 is 1.16 bits per heavy atom. The lowest BCUT2D eigenvalue weighted by Crippen LogP contribution is -2.57. The molecule has 0 unspecified atom stereocenters. The number of thiazole rings is 1. The van der Waals surface area contributed by atoms with Gasteiger partial charge in [-0.2, -0.15) is 0 Å². The number of alkyl carbamates (subject to hydrolysis) is 1. The number of hydrogen-bond acceptors (Lipinski definition) is 8. The summed E-state index contributed by atoms with van der Waals surface area (Å²) >= 11 is 1.59. The number of carbonyl (C=O) groups is 3. The number of benzene rings is 1. The average Bonchev–Trinajstić information content (AvgIpc) is 3.35. The Bertz CT molecular complexity index is 1120. The van der Waals surface area contributed by atoms with Crippen molar-refractivity contribution in [3.8, 4) is 10.4 Å². The third-order valence-corrected chi connectivity index (χ3v) is 7.04. The van der Waals surface area contributed by atoms with Gasteiger partial charge >= 0.3 is 6.09 Å². The Hall–Kier alpha value is -2.82. The minimum absolute atomic E-state index is 0.219. The van der Waals surface area contributed by atoms with E-state index in [1.165, 1.54) is 0 Å². The van der Waals surface area contributed by atoms with E-state index in [0.717, 1.165) is 21.7 Å². The molecule has 0 radical (unpaired) electrons. The standard InChI is InChI=1S/C27H38N4O5S/c1-16-21(37-15-28-16)18-10-8-17(9-11-18)13-31-14-19(32)12-20(31)23(33)30-24(34)22(26(2,3)4)29-25(35)36-27(5,6)7/h8-11,15,19-20,22,32H,12-14H2,1-7H3,(H,29,35)(H,30,33,34)/t19-,20+,22-/m1/s1. The number of carbonyl (C=O) groups excluding carboxylic acids is 3. The molecule has 1 fully saturated rings. The van der Waals surface area contributed by atoms with Crippen molar-refractivity contribution >= 4 is 29.2 Å². The van der Waals surface area contributed by atoms with Gasteiger partial charge in [0, 0.05) is 13.1 Å². The Balaban J connectivity index is 1.67. The number of nitrogens with zero attached hydrogens (tertiary/aromatic N) is 2. The summed E-state index contributed by atoms with van der Waals surface area (Å²) < 4.78 is 5.30. The van der Waals surface area contributed by atoms with Crippen molar-refractivity contribution in [1.29, 1.82) is 0 Å². The summed E-state index contributed by atoms with van der Waals surface area (Å²) in [7, 11) is 0. The van der Waals surface area contributed by atoms with E-state index >= 15 is 0 Å². The minimum atomic E-state index is -0.992. The van der Waals surface area contributed by atoms with Gasteiger partial charge in [-0.05, 0) is 50.7 Å². The molecule has 3 N–H and O–H groups in total. The molecule has 2 heterocycles. The van der Waals surface area contributed by atoms with Crippen LogP contribution in [0.3, 0.4) is 0 Å². The van der Waals surface area contributed by atoms with E-state index in [4.69, 9.17) is 4.74 Å². The monoisotopic (exact) mass is 530 g/mol. The van der Waals surface area contributed by atoms with Gasteiger partial charge in [-0.15, -0.1) is 11.3 Å². The molecule has 1 saturated heterocycles. The Labute approximate surface area is 222 Å². The van der Waals surface area contributed by atoms with E-state index in [2.05, 4.69) is 15.6 Å². The van der Waals surface area contributed by atoms with Gasteiger partial charge in [0.15, 0.2) is 0 Å². The summed E-state index contributed by atoms with van der Waals surface area (Å²) in [5.41, 5.74) is 3.48. The molecule has 9 nitrogen and oxygen atoms in total. The van der Waals surface area contributed by atoms with Gasteiger partial charge in [0.25, 0.3) is 0 Å². The molecule has 0 spiro atoms. The number of aromatic nitrogens is 1. The lowest BCUT2D eigenvalue weighted by Gasteiger charge is -2.32. The summed E-state index contributed by atoms with van der Waals surface area (Å²) in [5, 5.41) is 15.4. The topological polar surface area (TPSA) is 121 Å². The van der Waals surface area contributed by atoms with Crippen LogP contribution in [0, 0.1) is 12.3 Å². The van der Waals surface area contributed by atoms with Gasteiger partial charge in [0.05, 0.1) is 28.2 Å². The first-order chi connectivity index (χ1) is 17.1. The van der Waals surface area contributed by atoms with Crippen molar-refractivity contribution in [1.82, 2.24) is 20.5 Å². The van der Waals surface area contributed by atoms with Crippen LogP contribution in [0.4, 0.5) is 4.79 Å². The maximum absolute atomic E-state index is 13.2. The van der Waals surface area contributed by atoms with Crippen LogP contribution < -0.4 is 10.6 Å². The normalized spacial score (nSPS) is 19.4. The van der Waals surface area contributed by atoms with Crippen LogP contribution in [0.25, 0.3) is 10.4 Å². The maximum atomic E-state index is 13.2. The van der Waals surface area contributed by atoms with E-state index in [9.17, 15) is 19.5 Å². The summed E-state index contributed by atoms with van der Waals surface area (Å²) in [6, 6.07) is 6.38. The van der Waals surface area contributed by atoms with Gasteiger partial charge in [0.1, 0.15) is 11.6 Å². The molecular formula is C27H38N4O5S. The molecule has 10 heteroatoms. The van der Waals surface area contributed by atoms with Crippen LogP contribution in [0.2, 0.25) is 0 Å². The molecular weight excluding hydrogens is 492 g/mol. The third-order valence-electron chi connectivity index (χ3n) is 6.07. The number of rotatable bonds is 6. The van der Waals surface area contributed by atoms with Crippen molar-refractivity contribution in [2.24, 2.45) is 5.41 Å². The summed E-state index contributed by atoms with van der Waals surface area (Å²) in [6.07, 6.45) is -1.19. The lowest BCUT2D eigenvalue weighted by atomic mass is 9.86. The number of aliphatic hydroxyl groups is 1. The van der Waals surface area contributed by atoms with Crippen LogP contribution in [0.5, 0.6) is 0 Å². The molecule has 202 valence electrons. The van der Waals surface area contributed by atoms with Crippen LogP contribution in [-0.4, -0.2) is 63.2 Å². The molecule has 0 aliphatic carbocycles. The van der Waals surface area contributed by atoms with Gasteiger partial charge in [-0.3, -0.25) is 19.8 Å². The van der Waals surface area contributed by atoms with E-state index in [1.54, 1.807) is 52.9 Å². The first kappa shape index (κ1) is 28.7. The molecule has 3 rings (SSSR count). The van der Waals surface area contributed by atoms with Crippen molar-refractivity contribution in [2.45, 2.75) is 85.2 Å². The second-order valence-corrected chi connectivity index (χ2v) is 12.5. The SMILES string of the molecule is Cc1ncsc1-c1ccc(CN2C[C@H](O)C[C@H]2C(=O)NC(=O)[C@@H](NC(=O)OC(C)(C)C)C(C)(C)C)cc1. The highest BCUT2D eigenvalue weighted by Crippen LogP contribution is 2.28. The fourth-order valence-corrected chi connectivity index (χ4v) is 5.09. The zero-order chi connectivity index (χ0) is 27.5. The molecule has 37 heavy (non-hydrogen) atoms. The Kier molecular flexibility index (Phi) is 8.77. The second-order valence-electron chi connectivity index (χ2n) is 11.6. The molecule has 3 amide bonds. The highest BCUT2D eigenvalue weighted by atomic mass is 32.1. The van der Waals surface area contributed by atoms with Crippen molar-refractivity contribution in [3.05, 3.63) is 41.0 Å². The molecule has 1 aliphatic rings. The van der Waals surface area contributed by atoms with Crippen molar-refractivity contribution < 1.29 is 24.2 Å². The molecule has 0 saturated carbocycles. The van der Waals surface area contributed by atoms with Crippen LogP contribution in [-0.2, 0) is 20.9 Å². The molecule has 1 aromatic heterocycles. The average molecular weight is 531 g/mol. The molecule has 1 aromatic carbocycles. The van der Waals surface area contributed by atoms with Gasteiger partial charge in [0.2, 0.25) is 11.8 Å². The largest absolute Gasteiger partial charge is 0.444 e. The number of amides is 3. The number of imide groups is 1. The number of hydrogen-bond donors (Lipinski definition) is 3. The van der Waals surface area contributed by atoms with E-state index in [0.29, 0.717) is 13.1 Å². The Morgan fingerprint density at radius 2 is 1.81 bits per heavy atom. The highest BCUT2D eigenvalue weighted by Gasteiger charge is 2.40. The van der Waals surface area contributed by atoms with Crippen molar-refractivity contribution in [2.75, 3.05) is 6.54 Å². The van der Waals surface area contributed by atoms with Crippen molar-refractivity contribution in [3.63, 3.8) is 0 Å². The fraction of sp³-hybridized carbons (Fsp3) is 0.556. The Morgan fingerprint density at radius 3 is 2.35 bits per heavy atom. The first-order valence-electron chi connectivity index (χ1n) is 12.4. The van der Waals surface area contributed by atoms with Crippen LogP contribution in [0.15, 0.2) is 29.8 Å². The van der Waals surface area contributed by atoms with Gasteiger partial charge in [-0.25, -0.2) is 9.78 Å². The number of aliphatic hydroxyl groups excluding tert-OH is 1. The van der Waals surface area contributed by atoms with Gasteiger partial charge in [-0.1, -0.05) is 45.0 Å². The van der Waals surface area contributed by atoms with E-state index in [-0.39, 0.29) is 6.42 Å². The minimum Gasteiger partial charge on any atom is -0.444 e. The second kappa shape index (κ2) is 11.3. The summed E-state index contributed by atoms with van der Waals surface area (Å²) in [6.45, 7) is 13.3. The predicted molar refractivity (Wildman–Crippen MR) is 143 cm³/mol. The fourth-order valence-electron chi connectivity index (χ4n) is 4.28. The van der Waals surface area contributed by atoms with E-state index < -0.39 is 47.1 Å². The molecule has 3 atom stereocenters. The zero-order valence-corrected chi connectivity index (χ0v) is 23.4. The number of likely N-dealkylation sites (tertiary alicyclic amines) is 1. The van der Waals surface area contributed by atoms with Crippen LogP contribution in [0.1, 0.15) is 59.2 Å². The quantitative estimate of drug-likeness (QED) is 0.521. The third kappa shape index (κ3) is 7.83. The summed E-state index contributed by atoms with van der Waals surface area (Å²) in [5.74, 6) is -1.12. The number of aryl methyl sites for hydroxylation is 1. The number of nitrogens with one attached hydrogen (secondary N) is 2. The summed E-state index contributed by atoms with van der Waals surface area (Å²) in [4.78, 5) is 45.9. The first-order valence-corrected chi connectivity index (χ1v) is 13.3. The lowest BCUT2D eigenvalue weighted by molar-refractivity contribution is -0.135.